The van der Waals surface area contributed by atoms with E-state index in [1.54, 1.807) is 45.0 Å². The summed E-state index contributed by atoms with van der Waals surface area (Å²) in [6.07, 6.45) is -2.30. The number of esters is 1. The second-order valence-corrected chi connectivity index (χ2v) is 10.3. The SMILES string of the molecule is C=C1[C@@H](n2cnc3c(=O)[nH]c(N)nc32)C(F)[C@H](O)[C@H]1COP(N[C@@H](C)C(=O)OC(C)C)Oc1ccccc1. The van der Waals surface area contributed by atoms with Gasteiger partial charge in [0.15, 0.2) is 17.3 Å². The number of nitrogens with one attached hydrogen (secondary N) is 2. The molecule has 2 unspecified atom stereocenters. The van der Waals surface area contributed by atoms with E-state index in [2.05, 4.69) is 26.6 Å². The highest BCUT2D eigenvalue weighted by atomic mass is 31.2. The first-order chi connectivity index (χ1) is 18.1. The number of H-pyrrole nitrogens is 1. The van der Waals surface area contributed by atoms with Gasteiger partial charge in [0.2, 0.25) is 5.95 Å². The highest BCUT2D eigenvalue weighted by Gasteiger charge is 2.48. The molecule has 1 saturated carbocycles. The number of imidazole rings is 1. The van der Waals surface area contributed by atoms with Crippen molar-refractivity contribution in [3.05, 3.63) is 59.2 Å². The van der Waals surface area contributed by atoms with Gasteiger partial charge in [0.05, 0.1) is 31.2 Å². The number of anilines is 1. The fourth-order valence-corrected chi connectivity index (χ4v) is 5.31. The van der Waals surface area contributed by atoms with Crippen molar-refractivity contribution >= 4 is 31.6 Å². The van der Waals surface area contributed by atoms with Crippen LogP contribution in [0, 0.1) is 5.92 Å². The van der Waals surface area contributed by atoms with Crippen molar-refractivity contribution in [1.82, 2.24) is 24.6 Å². The third-order valence-corrected chi connectivity index (χ3v) is 7.31. The molecule has 5 N–H and O–H groups in total. The van der Waals surface area contributed by atoms with Crippen LogP contribution in [0.2, 0.25) is 0 Å². The first-order valence-electron chi connectivity index (χ1n) is 11.9. The Morgan fingerprint density at radius 1 is 1.34 bits per heavy atom. The topological polar surface area (TPSA) is 167 Å². The lowest BCUT2D eigenvalue weighted by atomic mass is 10.0. The molecular weight excluding hydrogens is 518 g/mol. The standard InChI is InChI=1S/C24H30FN6O6P/c1-12(2)36-23(34)14(4)30-38(37-15-8-6-5-7-9-15)35-10-16-13(3)19(17(25)20(16)32)31-11-27-18-21(31)28-24(26)29-22(18)33/h5-9,11-12,14,16-17,19-20,30,32H,3,10H2,1-2,4H3,(H3,26,28,29,33)/t14-,16-,17?,19+,20+,38?/m0/s1. The van der Waals surface area contributed by atoms with Gasteiger partial charge in [-0.3, -0.25) is 14.6 Å². The Morgan fingerprint density at radius 2 is 2.05 bits per heavy atom. The number of fused-ring (bicyclic) bond motifs is 1. The zero-order valence-corrected chi connectivity index (χ0v) is 22.0. The summed E-state index contributed by atoms with van der Waals surface area (Å²) in [5.74, 6) is -0.989. The van der Waals surface area contributed by atoms with Crippen LogP contribution in [-0.4, -0.2) is 61.6 Å². The fraction of sp³-hybridized carbons (Fsp3) is 0.417. The molecule has 0 bridgehead atoms. The third-order valence-electron chi connectivity index (χ3n) is 5.95. The van der Waals surface area contributed by atoms with Gasteiger partial charge in [-0.1, -0.05) is 24.8 Å². The Bertz CT molecular complexity index is 1350. The van der Waals surface area contributed by atoms with E-state index in [9.17, 15) is 14.7 Å². The summed E-state index contributed by atoms with van der Waals surface area (Å²) in [6, 6.07) is 6.99. The van der Waals surface area contributed by atoms with E-state index in [0.717, 1.165) is 0 Å². The van der Waals surface area contributed by atoms with Crippen LogP contribution in [0.4, 0.5) is 10.3 Å². The number of rotatable bonds is 10. The number of aliphatic hydroxyl groups is 1. The highest BCUT2D eigenvalue weighted by Crippen LogP contribution is 2.45. The summed E-state index contributed by atoms with van der Waals surface area (Å²) >= 11 is 0. The average Bonchev–Trinajstić information content (AvgIpc) is 3.36. The van der Waals surface area contributed by atoms with Crippen LogP contribution in [-0.2, 0) is 14.1 Å². The maximum atomic E-state index is 15.4. The van der Waals surface area contributed by atoms with Crippen LogP contribution >= 0.6 is 8.53 Å². The summed E-state index contributed by atoms with van der Waals surface area (Å²) in [5, 5.41) is 13.7. The van der Waals surface area contributed by atoms with E-state index in [-0.39, 0.29) is 29.8 Å². The molecular formula is C24H30FN6O6P. The highest BCUT2D eigenvalue weighted by molar-refractivity contribution is 7.45. The molecule has 1 aromatic carbocycles. The monoisotopic (exact) mass is 548 g/mol. The van der Waals surface area contributed by atoms with Gasteiger partial charge in [-0.25, -0.2) is 14.5 Å². The number of benzene rings is 1. The van der Waals surface area contributed by atoms with Gasteiger partial charge in [0.1, 0.15) is 11.8 Å². The van der Waals surface area contributed by atoms with E-state index in [1.807, 2.05) is 6.07 Å². The average molecular weight is 549 g/mol. The molecule has 38 heavy (non-hydrogen) atoms. The lowest BCUT2D eigenvalue weighted by Crippen LogP contribution is -2.35. The zero-order chi connectivity index (χ0) is 27.6. The molecule has 0 amide bonds. The quantitative estimate of drug-likeness (QED) is 0.168. The number of nitrogen functional groups attached to an aromatic ring is 1. The van der Waals surface area contributed by atoms with Gasteiger partial charge >= 0.3 is 14.5 Å². The molecule has 14 heteroatoms. The van der Waals surface area contributed by atoms with Gasteiger partial charge in [0, 0.05) is 5.92 Å². The van der Waals surface area contributed by atoms with Gasteiger partial charge in [-0.15, -0.1) is 0 Å². The second-order valence-electron chi connectivity index (χ2n) is 9.13. The molecule has 1 fully saturated rings. The Labute approximate surface area is 219 Å². The molecule has 3 aromatic rings. The van der Waals surface area contributed by atoms with Gasteiger partial charge in [-0.05, 0) is 38.5 Å². The molecule has 6 atom stereocenters. The van der Waals surface area contributed by atoms with Crippen LogP contribution in [0.3, 0.4) is 0 Å². The summed E-state index contributed by atoms with van der Waals surface area (Å²) in [5.41, 5.74) is 5.47. The molecule has 0 saturated heterocycles. The van der Waals surface area contributed by atoms with Crippen LogP contribution in [0.25, 0.3) is 11.2 Å². The first kappa shape index (κ1) is 27.6. The smallest absolute Gasteiger partial charge is 0.323 e. The predicted molar refractivity (Wildman–Crippen MR) is 139 cm³/mol. The lowest BCUT2D eigenvalue weighted by Gasteiger charge is -2.24. The number of nitrogens with two attached hydrogens (primary N) is 1. The van der Waals surface area contributed by atoms with Crippen molar-refractivity contribution in [1.29, 1.82) is 0 Å². The normalized spacial score (nSPS) is 23.1. The largest absolute Gasteiger partial charge is 0.462 e. The minimum absolute atomic E-state index is 0.0142. The molecule has 0 spiro atoms. The number of aromatic amines is 1. The number of halogens is 1. The van der Waals surface area contributed by atoms with Gasteiger partial charge in [0.25, 0.3) is 5.56 Å². The number of alkyl halides is 1. The van der Waals surface area contributed by atoms with E-state index in [1.165, 1.54) is 10.9 Å². The number of hydrogen-bond acceptors (Lipinski definition) is 10. The molecule has 0 aliphatic heterocycles. The Hall–Kier alpha value is -3.38. The van der Waals surface area contributed by atoms with Crippen LogP contribution in [0.5, 0.6) is 5.75 Å². The second kappa shape index (κ2) is 11.6. The summed E-state index contributed by atoms with van der Waals surface area (Å²) in [7, 11) is -1.92. The Kier molecular flexibility index (Phi) is 8.41. The summed E-state index contributed by atoms with van der Waals surface area (Å²) < 4.78 is 33.9. The van der Waals surface area contributed by atoms with Crippen molar-refractivity contribution in [2.24, 2.45) is 5.92 Å². The molecule has 204 valence electrons. The third kappa shape index (κ3) is 5.86. The minimum atomic E-state index is -1.92. The number of aromatic nitrogens is 4. The molecule has 0 radical (unpaired) electrons. The van der Waals surface area contributed by atoms with E-state index >= 15 is 4.39 Å². The number of carbonyl (C=O) groups excluding carboxylic acids is 1. The van der Waals surface area contributed by atoms with E-state index in [0.29, 0.717) is 11.3 Å². The van der Waals surface area contributed by atoms with E-state index < -0.39 is 50.3 Å². The minimum Gasteiger partial charge on any atom is -0.462 e. The Balaban J connectivity index is 1.52. The number of nitrogens with zero attached hydrogens (tertiary/aromatic N) is 3. The number of aliphatic hydroxyl groups excluding tert-OH is 1. The molecule has 2 heterocycles. The number of hydrogen-bond donors (Lipinski definition) is 4. The number of carbonyl (C=O) groups is 1. The summed E-state index contributed by atoms with van der Waals surface area (Å²) in [4.78, 5) is 34.9. The van der Waals surface area contributed by atoms with Crippen molar-refractivity contribution in [3.8, 4) is 5.75 Å². The van der Waals surface area contributed by atoms with Crippen LogP contribution in [0.15, 0.2) is 53.6 Å². The van der Waals surface area contributed by atoms with Gasteiger partial charge < -0.3 is 29.2 Å². The maximum Gasteiger partial charge on any atom is 0.323 e. The van der Waals surface area contributed by atoms with Crippen LogP contribution in [0.1, 0.15) is 26.8 Å². The molecule has 1 aliphatic carbocycles. The fourth-order valence-electron chi connectivity index (χ4n) is 4.10. The lowest BCUT2D eigenvalue weighted by molar-refractivity contribution is -0.149. The Morgan fingerprint density at radius 3 is 2.74 bits per heavy atom. The molecule has 2 aromatic heterocycles. The van der Waals surface area contributed by atoms with E-state index in [4.69, 9.17) is 19.5 Å². The molecule has 1 aliphatic rings. The van der Waals surface area contributed by atoms with Crippen molar-refractivity contribution < 1.29 is 28.1 Å². The maximum absolute atomic E-state index is 15.4. The predicted octanol–water partition coefficient (Wildman–Crippen LogP) is 2.38. The number of para-hydroxylation sites is 1. The first-order valence-corrected chi connectivity index (χ1v) is 13.1. The molecule has 4 rings (SSSR count). The van der Waals surface area contributed by atoms with Gasteiger partial charge in [-0.2, -0.15) is 4.98 Å². The zero-order valence-electron chi connectivity index (χ0n) is 21.1. The number of ether oxygens (including phenoxy) is 1. The molecule has 12 nitrogen and oxygen atoms in total. The van der Waals surface area contributed by atoms with Crippen LogP contribution < -0.4 is 20.9 Å². The van der Waals surface area contributed by atoms with Crippen molar-refractivity contribution in [2.45, 2.75) is 51.2 Å². The summed E-state index contributed by atoms with van der Waals surface area (Å²) in [6.45, 7) is 8.93. The van der Waals surface area contributed by atoms with Crippen molar-refractivity contribution in [2.75, 3.05) is 12.3 Å². The van der Waals surface area contributed by atoms with Crippen molar-refractivity contribution in [3.63, 3.8) is 0 Å².